The maximum absolute atomic E-state index is 4.74. The largest absolute Gasteiger partial charge is 0.355 e. The van der Waals surface area contributed by atoms with Gasteiger partial charge in [-0.2, -0.15) is 10.2 Å². The van der Waals surface area contributed by atoms with Crippen LogP contribution in [0.5, 0.6) is 0 Å². The number of aromatic nitrogens is 6. The monoisotopic (exact) mass is 359 g/mol. The van der Waals surface area contributed by atoms with Crippen LogP contribution in [-0.4, -0.2) is 42.9 Å². The van der Waals surface area contributed by atoms with Crippen molar-refractivity contribution in [3.63, 3.8) is 0 Å². The molecule has 1 fully saturated rings. The van der Waals surface area contributed by atoms with Crippen LogP contribution in [0.4, 0.5) is 5.82 Å². The topological polar surface area (TPSA) is 75.0 Å². The Morgan fingerprint density at radius 3 is 2.74 bits per heavy atom. The predicted molar refractivity (Wildman–Crippen MR) is 104 cm³/mol. The lowest BCUT2D eigenvalue weighted by molar-refractivity contribution is 0.485. The summed E-state index contributed by atoms with van der Waals surface area (Å²) in [6, 6.07) is 12.2. The van der Waals surface area contributed by atoms with Crippen LogP contribution >= 0.6 is 0 Å². The number of piperidine rings is 1. The van der Waals surface area contributed by atoms with Gasteiger partial charge in [0.2, 0.25) is 0 Å². The quantitative estimate of drug-likeness (QED) is 0.608. The van der Waals surface area contributed by atoms with Gasteiger partial charge in [-0.15, -0.1) is 0 Å². The molecule has 0 aliphatic carbocycles. The van der Waals surface area contributed by atoms with Crippen molar-refractivity contribution < 1.29 is 0 Å². The van der Waals surface area contributed by atoms with Gasteiger partial charge in [0.15, 0.2) is 11.6 Å². The van der Waals surface area contributed by atoms with E-state index < -0.39 is 0 Å². The number of nitrogens with zero attached hydrogens (tertiary/aromatic N) is 6. The lowest BCUT2D eigenvalue weighted by Gasteiger charge is -2.32. The summed E-state index contributed by atoms with van der Waals surface area (Å²) in [4.78, 5) is 11.7. The van der Waals surface area contributed by atoms with Gasteiger partial charge in [-0.25, -0.2) is 14.5 Å². The zero-order valence-corrected chi connectivity index (χ0v) is 15.2. The first-order valence-corrected chi connectivity index (χ1v) is 9.31. The van der Waals surface area contributed by atoms with Gasteiger partial charge >= 0.3 is 0 Å². The number of anilines is 1. The van der Waals surface area contributed by atoms with E-state index in [1.54, 1.807) is 0 Å². The highest BCUT2D eigenvalue weighted by molar-refractivity contribution is 5.69. The zero-order valence-electron chi connectivity index (χ0n) is 15.2. The summed E-state index contributed by atoms with van der Waals surface area (Å²) >= 11 is 0. The fourth-order valence-corrected chi connectivity index (χ4v) is 3.81. The Labute approximate surface area is 157 Å². The summed E-state index contributed by atoms with van der Waals surface area (Å²) in [6.45, 7) is 3.91. The number of hydrogen-bond donors (Lipinski definition) is 1. The van der Waals surface area contributed by atoms with Gasteiger partial charge < -0.3 is 4.90 Å². The van der Waals surface area contributed by atoms with Gasteiger partial charge in [0.1, 0.15) is 11.3 Å². The second kappa shape index (κ2) is 6.50. The van der Waals surface area contributed by atoms with Crippen molar-refractivity contribution >= 4 is 11.3 Å². The van der Waals surface area contributed by atoms with Crippen molar-refractivity contribution in [2.24, 2.45) is 0 Å². The smallest absolute Gasteiger partial charge is 0.181 e. The third kappa shape index (κ3) is 2.95. The van der Waals surface area contributed by atoms with E-state index in [0.29, 0.717) is 5.92 Å². The zero-order chi connectivity index (χ0) is 18.2. The molecule has 3 aromatic heterocycles. The fraction of sp³-hybridized carbons (Fsp3) is 0.300. The predicted octanol–water partition coefficient (Wildman–Crippen LogP) is 3.21. The van der Waals surface area contributed by atoms with Crippen molar-refractivity contribution in [1.29, 1.82) is 0 Å². The lowest BCUT2D eigenvalue weighted by atomic mass is 9.96. The normalized spacial score (nSPS) is 15.5. The molecule has 0 radical (unpaired) electrons. The Morgan fingerprint density at radius 2 is 1.93 bits per heavy atom. The molecule has 4 aromatic rings. The number of nitrogens with one attached hydrogen (secondary N) is 1. The van der Waals surface area contributed by atoms with Crippen LogP contribution in [0.15, 0.2) is 48.8 Å². The third-order valence-electron chi connectivity index (χ3n) is 5.21. The molecule has 0 spiro atoms. The second-order valence-corrected chi connectivity index (χ2v) is 7.04. The van der Waals surface area contributed by atoms with Gasteiger partial charge in [0.25, 0.3) is 0 Å². The average molecular weight is 359 g/mol. The highest BCUT2D eigenvalue weighted by atomic mass is 15.3. The first kappa shape index (κ1) is 16.0. The standard InChI is InChI=1S/C20H21N7/c1-14-13-17-20(21-9-12-27(17)25-14)26-10-7-16(8-11-26)19-22-18(23-24-19)15-5-3-2-4-6-15/h2-6,9,12-13,16H,7-8,10-11H2,1H3,(H,22,23,24). The van der Waals surface area contributed by atoms with Crippen LogP contribution in [-0.2, 0) is 0 Å². The summed E-state index contributed by atoms with van der Waals surface area (Å²) in [5.41, 5.74) is 3.12. The summed E-state index contributed by atoms with van der Waals surface area (Å²) in [5, 5.41) is 12.1. The molecule has 7 heteroatoms. The molecule has 27 heavy (non-hydrogen) atoms. The van der Waals surface area contributed by atoms with Gasteiger partial charge in [-0.1, -0.05) is 30.3 Å². The molecule has 1 aliphatic heterocycles. The Balaban J connectivity index is 1.32. The van der Waals surface area contributed by atoms with Crippen molar-refractivity contribution in [1.82, 2.24) is 29.8 Å². The molecule has 0 unspecified atom stereocenters. The Kier molecular flexibility index (Phi) is 3.85. The first-order chi connectivity index (χ1) is 13.3. The van der Waals surface area contributed by atoms with E-state index in [1.165, 1.54) is 0 Å². The average Bonchev–Trinajstić information content (AvgIpc) is 3.35. The third-order valence-corrected chi connectivity index (χ3v) is 5.21. The first-order valence-electron chi connectivity index (χ1n) is 9.31. The minimum Gasteiger partial charge on any atom is -0.355 e. The molecule has 1 N–H and O–H groups in total. The van der Waals surface area contributed by atoms with Crippen LogP contribution in [0.1, 0.15) is 30.3 Å². The number of aromatic amines is 1. The molecule has 1 aliphatic rings. The maximum atomic E-state index is 4.74. The molecule has 0 saturated carbocycles. The minimum absolute atomic E-state index is 0.401. The molecular weight excluding hydrogens is 338 g/mol. The molecule has 4 heterocycles. The highest BCUT2D eigenvalue weighted by Crippen LogP contribution is 2.30. The summed E-state index contributed by atoms with van der Waals surface area (Å²) in [6.07, 6.45) is 5.78. The van der Waals surface area contributed by atoms with Crippen LogP contribution in [0.3, 0.4) is 0 Å². The molecular formula is C20H21N7. The van der Waals surface area contributed by atoms with E-state index in [-0.39, 0.29) is 0 Å². The van der Waals surface area contributed by atoms with Gasteiger partial charge in [0, 0.05) is 37.0 Å². The molecule has 136 valence electrons. The number of rotatable bonds is 3. The number of aryl methyl sites for hydroxylation is 1. The molecule has 0 amide bonds. The van der Waals surface area contributed by atoms with E-state index in [2.05, 4.69) is 31.2 Å². The Morgan fingerprint density at radius 1 is 1.11 bits per heavy atom. The fourth-order valence-electron chi connectivity index (χ4n) is 3.81. The molecule has 7 nitrogen and oxygen atoms in total. The van der Waals surface area contributed by atoms with Crippen molar-refractivity contribution in [3.05, 3.63) is 60.3 Å². The maximum Gasteiger partial charge on any atom is 0.181 e. The van der Waals surface area contributed by atoms with Crippen LogP contribution in [0.25, 0.3) is 16.9 Å². The van der Waals surface area contributed by atoms with E-state index in [0.717, 1.165) is 60.2 Å². The minimum atomic E-state index is 0.401. The SMILES string of the molecule is Cc1cc2c(N3CCC(c4nc(-c5ccccc5)n[nH]4)CC3)nccn2n1. The molecule has 1 saturated heterocycles. The van der Waals surface area contributed by atoms with Crippen LogP contribution in [0.2, 0.25) is 0 Å². The summed E-state index contributed by atoms with van der Waals surface area (Å²) < 4.78 is 1.91. The van der Waals surface area contributed by atoms with Crippen molar-refractivity contribution in [2.75, 3.05) is 18.0 Å². The van der Waals surface area contributed by atoms with E-state index in [4.69, 9.17) is 4.98 Å². The number of hydrogen-bond acceptors (Lipinski definition) is 5. The van der Waals surface area contributed by atoms with Crippen LogP contribution < -0.4 is 4.90 Å². The Bertz CT molecular complexity index is 1060. The van der Waals surface area contributed by atoms with E-state index >= 15 is 0 Å². The summed E-state index contributed by atoms with van der Waals surface area (Å²) in [5.74, 6) is 3.17. The molecule has 0 atom stereocenters. The lowest BCUT2D eigenvalue weighted by Crippen LogP contribution is -2.34. The van der Waals surface area contributed by atoms with Gasteiger partial charge in [0.05, 0.1) is 5.69 Å². The number of benzene rings is 1. The summed E-state index contributed by atoms with van der Waals surface area (Å²) in [7, 11) is 0. The van der Waals surface area contributed by atoms with Crippen molar-refractivity contribution in [2.45, 2.75) is 25.7 Å². The molecule has 0 bridgehead atoms. The second-order valence-electron chi connectivity index (χ2n) is 7.04. The Hall–Kier alpha value is -3.22. The van der Waals surface area contributed by atoms with Crippen molar-refractivity contribution in [3.8, 4) is 11.4 Å². The van der Waals surface area contributed by atoms with Gasteiger partial charge in [-0.05, 0) is 25.8 Å². The number of fused-ring (bicyclic) bond motifs is 1. The molecule has 1 aromatic carbocycles. The van der Waals surface area contributed by atoms with Crippen LogP contribution in [0, 0.1) is 6.92 Å². The highest BCUT2D eigenvalue weighted by Gasteiger charge is 2.25. The van der Waals surface area contributed by atoms with E-state index in [1.807, 2.05) is 54.2 Å². The number of H-pyrrole nitrogens is 1. The van der Waals surface area contributed by atoms with Gasteiger partial charge in [-0.3, -0.25) is 5.10 Å². The van der Waals surface area contributed by atoms with E-state index in [9.17, 15) is 0 Å². The molecule has 5 rings (SSSR count).